The first-order chi connectivity index (χ1) is 17.4. The Hall–Kier alpha value is -2.68. The van der Waals surface area contributed by atoms with E-state index in [1.807, 2.05) is 25.1 Å². The van der Waals surface area contributed by atoms with E-state index in [2.05, 4.69) is 5.32 Å². The average Bonchev–Trinajstić information content (AvgIpc) is 3.13. The van der Waals surface area contributed by atoms with Gasteiger partial charge in [0.1, 0.15) is 4.32 Å². The van der Waals surface area contributed by atoms with E-state index in [1.165, 1.54) is 11.8 Å². The summed E-state index contributed by atoms with van der Waals surface area (Å²) >= 11 is 12.6. The predicted molar refractivity (Wildman–Crippen MR) is 150 cm³/mol. The van der Waals surface area contributed by atoms with Crippen molar-refractivity contribution in [3.63, 3.8) is 0 Å². The number of esters is 1. The lowest BCUT2D eigenvalue weighted by molar-refractivity contribution is -0.122. The van der Waals surface area contributed by atoms with Crippen molar-refractivity contribution in [1.82, 2.24) is 4.90 Å². The molecule has 9 heteroatoms. The molecule has 0 spiro atoms. The molecule has 0 atom stereocenters. The Morgan fingerprint density at radius 1 is 1.06 bits per heavy atom. The third kappa shape index (κ3) is 8.47. The Balaban J connectivity index is 1.36. The van der Waals surface area contributed by atoms with Gasteiger partial charge in [-0.3, -0.25) is 14.5 Å². The first kappa shape index (κ1) is 27.9. The number of unbranched alkanes of at least 4 members (excludes halogenated alkanes) is 3. The van der Waals surface area contributed by atoms with Gasteiger partial charge in [-0.25, -0.2) is 4.79 Å². The van der Waals surface area contributed by atoms with Crippen LogP contribution in [0.25, 0.3) is 6.08 Å². The molecule has 1 N–H and O–H groups in total. The SMILES string of the molecule is CCCCOC(=O)c1ccc(NC(=O)CCCCCN2C(=O)/C(=C/c3ccc(Cl)cc3)SC2=S)cc1. The highest BCUT2D eigenvalue weighted by Crippen LogP contribution is 2.33. The summed E-state index contributed by atoms with van der Waals surface area (Å²) in [6, 6.07) is 14.0. The van der Waals surface area contributed by atoms with Crippen LogP contribution >= 0.6 is 35.6 Å². The van der Waals surface area contributed by atoms with Crippen LogP contribution < -0.4 is 5.32 Å². The topological polar surface area (TPSA) is 75.7 Å². The highest BCUT2D eigenvalue weighted by molar-refractivity contribution is 8.26. The van der Waals surface area contributed by atoms with Crippen molar-refractivity contribution in [1.29, 1.82) is 0 Å². The number of amides is 2. The maximum atomic E-state index is 12.7. The lowest BCUT2D eigenvalue weighted by Crippen LogP contribution is -2.29. The Morgan fingerprint density at radius 2 is 1.78 bits per heavy atom. The number of hydrogen-bond acceptors (Lipinski definition) is 6. The molecule has 0 unspecified atom stereocenters. The van der Waals surface area contributed by atoms with Crippen LogP contribution in [0, 0.1) is 0 Å². The number of halogens is 1. The number of thiocarbonyl (C=S) groups is 1. The monoisotopic (exact) mass is 544 g/mol. The third-order valence-corrected chi connectivity index (χ3v) is 7.09. The van der Waals surface area contributed by atoms with Crippen LogP contribution in [0.2, 0.25) is 5.02 Å². The van der Waals surface area contributed by atoms with E-state index >= 15 is 0 Å². The van der Waals surface area contributed by atoms with E-state index in [-0.39, 0.29) is 17.8 Å². The van der Waals surface area contributed by atoms with E-state index in [0.717, 1.165) is 31.2 Å². The molecule has 3 rings (SSSR count). The highest BCUT2D eigenvalue weighted by Gasteiger charge is 2.31. The van der Waals surface area contributed by atoms with Crippen LogP contribution in [0.1, 0.15) is 61.4 Å². The van der Waals surface area contributed by atoms with E-state index in [9.17, 15) is 14.4 Å². The van der Waals surface area contributed by atoms with Gasteiger partial charge in [-0.05, 0) is 67.3 Å². The molecule has 2 aromatic rings. The predicted octanol–water partition coefficient (Wildman–Crippen LogP) is 6.70. The molecule has 0 saturated carbocycles. The van der Waals surface area contributed by atoms with Crippen molar-refractivity contribution >= 4 is 69.4 Å². The molecule has 1 heterocycles. The van der Waals surface area contributed by atoms with E-state index in [1.54, 1.807) is 41.3 Å². The van der Waals surface area contributed by atoms with Crippen LogP contribution in [0.3, 0.4) is 0 Å². The van der Waals surface area contributed by atoms with Crippen LogP contribution in [-0.4, -0.2) is 40.2 Å². The summed E-state index contributed by atoms with van der Waals surface area (Å²) in [5, 5.41) is 3.49. The fourth-order valence-corrected chi connectivity index (χ4v) is 4.88. The van der Waals surface area contributed by atoms with Crippen molar-refractivity contribution in [3.05, 3.63) is 69.6 Å². The fraction of sp³-hybridized carbons (Fsp3) is 0.333. The second-order valence-corrected chi connectivity index (χ2v) is 10.4. The molecule has 1 aliphatic heterocycles. The third-order valence-electron chi connectivity index (χ3n) is 5.46. The Kier molecular flexibility index (Phi) is 11.0. The van der Waals surface area contributed by atoms with Gasteiger partial charge in [0.25, 0.3) is 5.91 Å². The first-order valence-corrected chi connectivity index (χ1v) is 13.6. The molecule has 36 heavy (non-hydrogen) atoms. The van der Waals surface area contributed by atoms with Crippen molar-refractivity contribution < 1.29 is 19.1 Å². The summed E-state index contributed by atoms with van der Waals surface area (Å²) in [5.41, 5.74) is 1.99. The summed E-state index contributed by atoms with van der Waals surface area (Å²) in [6.07, 6.45) is 6.24. The van der Waals surface area contributed by atoms with Crippen molar-refractivity contribution in [2.75, 3.05) is 18.5 Å². The summed E-state index contributed by atoms with van der Waals surface area (Å²) in [6.45, 7) is 2.97. The quantitative estimate of drug-likeness (QED) is 0.139. The van der Waals surface area contributed by atoms with Gasteiger partial charge in [0.2, 0.25) is 5.91 Å². The molecule has 0 aromatic heterocycles. The summed E-state index contributed by atoms with van der Waals surface area (Å²) in [4.78, 5) is 39.2. The minimum Gasteiger partial charge on any atom is -0.462 e. The van der Waals surface area contributed by atoms with Gasteiger partial charge in [-0.2, -0.15) is 0 Å². The second kappa shape index (κ2) is 14.2. The maximum absolute atomic E-state index is 12.7. The Labute approximate surface area is 226 Å². The maximum Gasteiger partial charge on any atom is 0.338 e. The number of carbonyl (C=O) groups is 3. The van der Waals surface area contributed by atoms with Gasteiger partial charge in [-0.1, -0.05) is 67.5 Å². The Bertz CT molecular complexity index is 1120. The summed E-state index contributed by atoms with van der Waals surface area (Å²) < 4.78 is 5.74. The van der Waals surface area contributed by atoms with Gasteiger partial charge in [-0.15, -0.1) is 0 Å². The fourth-order valence-electron chi connectivity index (χ4n) is 3.44. The van der Waals surface area contributed by atoms with Crippen LogP contribution in [-0.2, 0) is 14.3 Å². The second-order valence-electron chi connectivity index (χ2n) is 8.31. The van der Waals surface area contributed by atoms with E-state index in [4.69, 9.17) is 28.6 Å². The number of anilines is 1. The smallest absolute Gasteiger partial charge is 0.338 e. The first-order valence-electron chi connectivity index (χ1n) is 12.0. The molecule has 2 aromatic carbocycles. The van der Waals surface area contributed by atoms with Gasteiger partial charge in [0, 0.05) is 23.7 Å². The number of rotatable bonds is 12. The molecule has 0 aliphatic carbocycles. The van der Waals surface area contributed by atoms with E-state index in [0.29, 0.717) is 51.5 Å². The average molecular weight is 545 g/mol. The van der Waals surface area contributed by atoms with Gasteiger partial charge in [0.15, 0.2) is 0 Å². The largest absolute Gasteiger partial charge is 0.462 e. The van der Waals surface area contributed by atoms with Crippen LogP contribution in [0.5, 0.6) is 0 Å². The van der Waals surface area contributed by atoms with Crippen molar-refractivity contribution in [3.8, 4) is 0 Å². The minimum absolute atomic E-state index is 0.0876. The number of nitrogens with zero attached hydrogens (tertiary/aromatic N) is 1. The minimum atomic E-state index is -0.358. The van der Waals surface area contributed by atoms with Gasteiger partial charge >= 0.3 is 5.97 Å². The van der Waals surface area contributed by atoms with Crippen molar-refractivity contribution in [2.45, 2.75) is 45.4 Å². The zero-order valence-electron chi connectivity index (χ0n) is 20.1. The van der Waals surface area contributed by atoms with Crippen LogP contribution in [0.4, 0.5) is 5.69 Å². The molecular weight excluding hydrogens is 516 g/mol. The number of hydrogen-bond donors (Lipinski definition) is 1. The van der Waals surface area contributed by atoms with Crippen molar-refractivity contribution in [2.24, 2.45) is 0 Å². The molecule has 0 bridgehead atoms. The van der Waals surface area contributed by atoms with Gasteiger partial charge < -0.3 is 10.1 Å². The normalized spacial score (nSPS) is 14.4. The highest BCUT2D eigenvalue weighted by atomic mass is 35.5. The number of thioether (sulfide) groups is 1. The zero-order chi connectivity index (χ0) is 25.9. The molecule has 1 fully saturated rings. The molecule has 1 aliphatic rings. The molecular formula is C27H29ClN2O4S2. The Morgan fingerprint density at radius 3 is 2.47 bits per heavy atom. The molecule has 6 nitrogen and oxygen atoms in total. The molecule has 190 valence electrons. The number of nitrogens with one attached hydrogen (secondary N) is 1. The molecule has 2 amide bonds. The summed E-state index contributed by atoms with van der Waals surface area (Å²) in [5.74, 6) is -0.538. The molecule has 0 radical (unpaired) electrons. The summed E-state index contributed by atoms with van der Waals surface area (Å²) in [7, 11) is 0. The van der Waals surface area contributed by atoms with E-state index < -0.39 is 0 Å². The number of ether oxygens (including phenoxy) is 1. The number of benzene rings is 2. The molecule has 1 saturated heterocycles. The standard InChI is InChI=1S/C27H29ClN2O4S2/c1-2-3-17-34-26(33)20-10-14-22(15-11-20)29-24(31)7-5-4-6-16-30-25(32)23(36-27(30)35)18-19-8-12-21(28)13-9-19/h8-15,18H,2-7,16-17H2,1H3,(H,29,31)/b23-18-. The lowest BCUT2D eigenvalue weighted by atomic mass is 10.1. The van der Waals surface area contributed by atoms with Gasteiger partial charge in [0.05, 0.1) is 17.1 Å². The zero-order valence-corrected chi connectivity index (χ0v) is 22.5. The lowest BCUT2D eigenvalue weighted by Gasteiger charge is -2.14. The van der Waals surface area contributed by atoms with Crippen LogP contribution in [0.15, 0.2) is 53.4 Å². The number of carbonyl (C=O) groups excluding carboxylic acids is 3.